The molecule has 0 radical (unpaired) electrons. The van der Waals surface area contributed by atoms with Crippen LogP contribution in [0.3, 0.4) is 0 Å². The Hall–Kier alpha value is -4.30. The third-order valence-electron chi connectivity index (χ3n) is 5.63. The first-order valence-corrected chi connectivity index (χ1v) is 12.8. The summed E-state index contributed by atoms with van der Waals surface area (Å²) in [5.74, 6) is 0.913. The zero-order valence-electron chi connectivity index (χ0n) is 22.2. The van der Waals surface area contributed by atoms with Gasteiger partial charge in [-0.25, -0.2) is 5.43 Å². The van der Waals surface area contributed by atoms with Crippen molar-refractivity contribution in [3.63, 3.8) is 0 Å². The van der Waals surface area contributed by atoms with E-state index in [0.29, 0.717) is 46.4 Å². The number of hydrogen-bond donors (Lipinski definition) is 2. The van der Waals surface area contributed by atoms with Gasteiger partial charge in [-0.15, -0.1) is 6.58 Å². The summed E-state index contributed by atoms with van der Waals surface area (Å²) >= 11 is 6.29. The van der Waals surface area contributed by atoms with E-state index in [2.05, 4.69) is 22.4 Å². The molecule has 3 aromatic rings. The average molecular weight is 550 g/mol. The molecule has 0 fully saturated rings. The normalized spacial score (nSPS) is 11.5. The zero-order valence-corrected chi connectivity index (χ0v) is 23.0. The lowest BCUT2D eigenvalue weighted by Gasteiger charge is -2.17. The van der Waals surface area contributed by atoms with Crippen molar-refractivity contribution in [1.82, 2.24) is 10.7 Å². The number of hydrazone groups is 1. The van der Waals surface area contributed by atoms with Gasteiger partial charge in [0.05, 0.1) is 19.9 Å². The van der Waals surface area contributed by atoms with Crippen LogP contribution in [0.1, 0.15) is 40.9 Å². The van der Waals surface area contributed by atoms with Gasteiger partial charge in [-0.3, -0.25) is 9.59 Å². The van der Waals surface area contributed by atoms with Crippen LogP contribution >= 0.6 is 11.6 Å². The number of nitrogens with zero attached hydrogens (tertiary/aromatic N) is 1. The highest BCUT2D eigenvalue weighted by atomic mass is 35.5. The number of halogens is 1. The molecule has 39 heavy (non-hydrogen) atoms. The highest BCUT2D eigenvalue weighted by Gasteiger charge is 2.17. The van der Waals surface area contributed by atoms with Gasteiger partial charge in [0.2, 0.25) is 0 Å². The molecule has 0 aliphatic carbocycles. The van der Waals surface area contributed by atoms with Crippen molar-refractivity contribution >= 4 is 29.6 Å². The molecule has 0 spiro atoms. The molecule has 0 heterocycles. The molecule has 2 N–H and O–H groups in total. The predicted molar refractivity (Wildman–Crippen MR) is 153 cm³/mol. The van der Waals surface area contributed by atoms with Crippen molar-refractivity contribution < 1.29 is 23.8 Å². The van der Waals surface area contributed by atoms with Gasteiger partial charge in [-0.2, -0.15) is 5.10 Å². The van der Waals surface area contributed by atoms with Crippen LogP contribution in [-0.2, 0) is 17.8 Å². The van der Waals surface area contributed by atoms with Crippen LogP contribution in [0.5, 0.6) is 17.2 Å². The first-order valence-electron chi connectivity index (χ1n) is 12.4. The third kappa shape index (κ3) is 8.35. The molecule has 8 nitrogen and oxygen atoms in total. The number of hydrogen-bond acceptors (Lipinski definition) is 6. The van der Waals surface area contributed by atoms with Crippen molar-refractivity contribution in [2.45, 2.75) is 32.9 Å². The molecule has 3 aromatic carbocycles. The average Bonchev–Trinajstić information content (AvgIpc) is 2.93. The van der Waals surface area contributed by atoms with Gasteiger partial charge in [-0.1, -0.05) is 35.9 Å². The second kappa shape index (κ2) is 14.6. The number of rotatable bonds is 13. The summed E-state index contributed by atoms with van der Waals surface area (Å²) in [7, 11) is 1.55. The first kappa shape index (κ1) is 29.3. The number of amides is 2. The Morgan fingerprint density at radius 2 is 1.82 bits per heavy atom. The number of allylic oxidation sites excluding steroid dienone is 1. The monoisotopic (exact) mass is 549 g/mol. The summed E-state index contributed by atoms with van der Waals surface area (Å²) in [5.41, 5.74) is 5.26. The minimum absolute atomic E-state index is 0.271. The lowest BCUT2D eigenvalue weighted by molar-refractivity contribution is -0.122. The molecule has 2 amide bonds. The maximum atomic E-state index is 12.5. The Labute approximate surface area is 233 Å². The van der Waals surface area contributed by atoms with Crippen LogP contribution in [0.15, 0.2) is 78.4 Å². The largest absolute Gasteiger partial charge is 0.497 e. The van der Waals surface area contributed by atoms with Crippen molar-refractivity contribution in [3.05, 3.63) is 101 Å². The second-order valence-corrected chi connectivity index (χ2v) is 8.88. The molecule has 0 aromatic heterocycles. The lowest BCUT2D eigenvalue weighted by Crippen LogP contribution is -2.43. The molecule has 1 atom stereocenters. The molecule has 0 aliphatic rings. The van der Waals surface area contributed by atoms with Crippen molar-refractivity contribution in [2.24, 2.45) is 5.10 Å². The fraction of sp³-hybridized carbons (Fsp3) is 0.233. The molecular weight excluding hydrogens is 518 g/mol. The molecular formula is C30H32ClN3O5. The molecule has 0 bridgehead atoms. The van der Waals surface area contributed by atoms with Crippen LogP contribution in [0.4, 0.5) is 0 Å². The number of carbonyl (C=O) groups excluding carboxylic acids is 2. The number of nitrogens with one attached hydrogen (secondary N) is 2. The Balaban J connectivity index is 1.69. The minimum Gasteiger partial charge on any atom is -0.497 e. The Morgan fingerprint density at radius 3 is 2.49 bits per heavy atom. The Kier molecular flexibility index (Phi) is 10.9. The summed E-state index contributed by atoms with van der Waals surface area (Å²) in [6, 6.07) is 16.9. The van der Waals surface area contributed by atoms with Gasteiger partial charge in [0.25, 0.3) is 11.8 Å². The van der Waals surface area contributed by atoms with E-state index in [-0.39, 0.29) is 12.5 Å². The van der Waals surface area contributed by atoms with Crippen LogP contribution in [0.25, 0.3) is 0 Å². The van der Waals surface area contributed by atoms with Crippen molar-refractivity contribution in [3.8, 4) is 17.2 Å². The maximum absolute atomic E-state index is 12.5. The number of carbonyl (C=O) groups is 2. The van der Waals surface area contributed by atoms with Gasteiger partial charge in [-0.05, 0) is 68.3 Å². The topological polar surface area (TPSA) is 98.3 Å². The molecule has 0 aliphatic heterocycles. The van der Waals surface area contributed by atoms with E-state index in [9.17, 15) is 9.59 Å². The van der Waals surface area contributed by atoms with E-state index in [4.69, 9.17) is 25.8 Å². The highest BCUT2D eigenvalue weighted by Crippen LogP contribution is 2.34. The second-order valence-electron chi connectivity index (χ2n) is 8.47. The SMILES string of the molecule is C=CCc1cc(C=NNC(=O)C(C)NC(=O)c2ccc(OC)cc2)cc(OCC)c1OCc1ccccc1Cl. The Morgan fingerprint density at radius 1 is 1.08 bits per heavy atom. The first-order chi connectivity index (χ1) is 18.9. The molecule has 1 unspecified atom stereocenters. The third-order valence-corrected chi connectivity index (χ3v) is 6.00. The van der Waals surface area contributed by atoms with Crippen molar-refractivity contribution in [1.29, 1.82) is 0 Å². The number of ether oxygens (including phenoxy) is 3. The highest BCUT2D eigenvalue weighted by molar-refractivity contribution is 6.31. The Bertz CT molecular complexity index is 1320. The van der Waals surface area contributed by atoms with E-state index < -0.39 is 11.9 Å². The van der Waals surface area contributed by atoms with E-state index >= 15 is 0 Å². The van der Waals surface area contributed by atoms with Gasteiger partial charge < -0.3 is 19.5 Å². The summed E-state index contributed by atoms with van der Waals surface area (Å²) in [6.45, 7) is 8.00. The van der Waals surface area contributed by atoms with E-state index in [0.717, 1.165) is 11.1 Å². The molecule has 0 saturated carbocycles. The molecule has 0 saturated heterocycles. The van der Waals surface area contributed by atoms with Gasteiger partial charge >= 0.3 is 0 Å². The van der Waals surface area contributed by atoms with Gasteiger partial charge in [0, 0.05) is 21.7 Å². The van der Waals surface area contributed by atoms with Gasteiger partial charge in [0.15, 0.2) is 11.5 Å². The maximum Gasteiger partial charge on any atom is 0.262 e. The van der Waals surface area contributed by atoms with Crippen LogP contribution in [-0.4, -0.2) is 37.8 Å². The summed E-state index contributed by atoms with van der Waals surface area (Å²) in [4.78, 5) is 24.9. The molecule has 3 rings (SSSR count). The number of benzene rings is 3. The zero-order chi connectivity index (χ0) is 28.2. The minimum atomic E-state index is -0.812. The van der Waals surface area contributed by atoms with E-state index in [1.54, 1.807) is 50.4 Å². The fourth-order valence-corrected chi connectivity index (χ4v) is 3.80. The van der Waals surface area contributed by atoms with Gasteiger partial charge in [0.1, 0.15) is 18.4 Å². The lowest BCUT2D eigenvalue weighted by atomic mass is 10.1. The number of methoxy groups -OCH3 is 1. The van der Waals surface area contributed by atoms with Crippen molar-refractivity contribution in [2.75, 3.05) is 13.7 Å². The summed E-state index contributed by atoms with van der Waals surface area (Å²) < 4.78 is 17.1. The van der Waals surface area contributed by atoms with E-state index in [1.165, 1.54) is 6.21 Å². The van der Waals surface area contributed by atoms with Crippen LogP contribution < -0.4 is 25.0 Å². The van der Waals surface area contributed by atoms with Crippen LogP contribution in [0.2, 0.25) is 5.02 Å². The summed E-state index contributed by atoms with van der Waals surface area (Å²) in [6.07, 6.45) is 3.80. The van der Waals surface area contributed by atoms with E-state index in [1.807, 2.05) is 37.3 Å². The fourth-order valence-electron chi connectivity index (χ4n) is 3.61. The van der Waals surface area contributed by atoms with Crippen LogP contribution in [0, 0.1) is 0 Å². The molecule has 9 heteroatoms. The summed E-state index contributed by atoms with van der Waals surface area (Å²) in [5, 5.41) is 7.34. The smallest absolute Gasteiger partial charge is 0.262 e. The quantitative estimate of drug-likeness (QED) is 0.171. The predicted octanol–water partition coefficient (Wildman–Crippen LogP) is 5.32. The molecule has 204 valence electrons. The standard InChI is InChI=1S/C30H32ClN3O5/c1-5-9-23-16-21(17-27(38-6-2)28(23)39-19-24-10-7-8-11-26(24)31)18-32-34-29(35)20(3)33-30(36)22-12-14-25(37-4)15-13-22/h5,7-8,10-18,20H,1,6,9,19H2,2-4H3,(H,33,36)(H,34,35).